The summed E-state index contributed by atoms with van der Waals surface area (Å²) in [5.41, 5.74) is 0.550. The molecule has 1 saturated carbocycles. The monoisotopic (exact) mass is 294 g/mol. The van der Waals surface area contributed by atoms with E-state index >= 15 is 0 Å². The van der Waals surface area contributed by atoms with E-state index in [0.29, 0.717) is 5.41 Å². The standard InChI is InChI=1S/C18H34N2O/c1-18(2)16(6-9-19-7-4-3-5-8-19)14-17(18)15-20-10-12-21-13-11-20/h16-17H,3-15H2,1-2H3/t16-,17-/m0/s1. The lowest BCUT2D eigenvalue weighted by atomic mass is 9.53. The van der Waals surface area contributed by atoms with E-state index in [0.717, 1.165) is 38.1 Å². The largest absolute Gasteiger partial charge is 0.379 e. The Labute approximate surface area is 131 Å². The third kappa shape index (κ3) is 3.80. The van der Waals surface area contributed by atoms with Gasteiger partial charge >= 0.3 is 0 Å². The smallest absolute Gasteiger partial charge is 0.0594 e. The summed E-state index contributed by atoms with van der Waals surface area (Å²) in [5.74, 6) is 1.85. The highest BCUT2D eigenvalue weighted by Gasteiger charge is 2.47. The molecule has 0 aromatic heterocycles. The number of piperidine rings is 1. The average Bonchev–Trinajstić information content (AvgIpc) is 2.52. The quantitative estimate of drug-likeness (QED) is 0.775. The zero-order valence-electron chi connectivity index (χ0n) is 14.1. The molecule has 3 nitrogen and oxygen atoms in total. The fourth-order valence-electron chi connectivity index (χ4n) is 4.54. The maximum atomic E-state index is 5.46. The van der Waals surface area contributed by atoms with Crippen LogP contribution < -0.4 is 0 Å². The van der Waals surface area contributed by atoms with E-state index in [2.05, 4.69) is 23.6 Å². The van der Waals surface area contributed by atoms with Gasteiger partial charge < -0.3 is 9.64 Å². The second kappa shape index (κ2) is 6.97. The molecule has 2 atom stereocenters. The van der Waals surface area contributed by atoms with Crippen LogP contribution in [-0.4, -0.2) is 62.3 Å². The van der Waals surface area contributed by atoms with E-state index in [1.165, 1.54) is 58.3 Å². The van der Waals surface area contributed by atoms with Crippen molar-refractivity contribution in [2.45, 2.75) is 46.0 Å². The van der Waals surface area contributed by atoms with Gasteiger partial charge in [-0.05, 0) is 62.6 Å². The van der Waals surface area contributed by atoms with Gasteiger partial charge in [-0.1, -0.05) is 20.3 Å². The van der Waals surface area contributed by atoms with Crippen molar-refractivity contribution >= 4 is 0 Å². The Kier molecular flexibility index (Phi) is 5.23. The predicted octanol–water partition coefficient (Wildman–Crippen LogP) is 2.86. The normalized spacial score (nSPS) is 34.6. The molecule has 2 saturated heterocycles. The first-order chi connectivity index (χ1) is 10.2. The highest BCUT2D eigenvalue weighted by molar-refractivity contribution is 4.98. The second-order valence-corrected chi connectivity index (χ2v) is 8.05. The van der Waals surface area contributed by atoms with Crippen molar-refractivity contribution in [2.24, 2.45) is 17.3 Å². The first-order valence-electron chi connectivity index (χ1n) is 9.19. The van der Waals surface area contributed by atoms with Gasteiger partial charge in [-0.15, -0.1) is 0 Å². The Bertz CT molecular complexity index is 319. The Morgan fingerprint density at radius 1 is 0.905 bits per heavy atom. The van der Waals surface area contributed by atoms with Crippen LogP contribution in [0, 0.1) is 17.3 Å². The maximum Gasteiger partial charge on any atom is 0.0594 e. The maximum absolute atomic E-state index is 5.46. The molecule has 2 aliphatic heterocycles. The van der Waals surface area contributed by atoms with Crippen molar-refractivity contribution in [1.29, 1.82) is 0 Å². The van der Waals surface area contributed by atoms with Crippen LogP contribution in [0.5, 0.6) is 0 Å². The Balaban J connectivity index is 1.40. The van der Waals surface area contributed by atoms with Crippen molar-refractivity contribution in [3.8, 4) is 0 Å². The lowest BCUT2D eigenvalue weighted by molar-refractivity contribution is -0.0631. The number of rotatable bonds is 5. The van der Waals surface area contributed by atoms with Crippen molar-refractivity contribution in [3.05, 3.63) is 0 Å². The molecule has 2 heterocycles. The van der Waals surface area contributed by atoms with E-state index in [1.807, 2.05) is 0 Å². The second-order valence-electron chi connectivity index (χ2n) is 8.05. The summed E-state index contributed by atoms with van der Waals surface area (Å²) in [6.07, 6.45) is 7.18. The van der Waals surface area contributed by atoms with Gasteiger partial charge in [0, 0.05) is 19.6 Å². The third-order valence-electron chi connectivity index (χ3n) is 6.50. The molecule has 0 aromatic rings. The summed E-state index contributed by atoms with van der Waals surface area (Å²) in [7, 11) is 0. The first-order valence-corrected chi connectivity index (χ1v) is 9.19. The van der Waals surface area contributed by atoms with Gasteiger partial charge in [-0.2, -0.15) is 0 Å². The molecular weight excluding hydrogens is 260 g/mol. The van der Waals surface area contributed by atoms with E-state index in [-0.39, 0.29) is 0 Å². The summed E-state index contributed by atoms with van der Waals surface area (Å²) < 4.78 is 5.46. The SMILES string of the molecule is CC1(C)[C@@H](CCN2CCCCC2)C[C@H]1CN1CCOCC1. The van der Waals surface area contributed by atoms with Gasteiger partial charge in [0.25, 0.3) is 0 Å². The predicted molar refractivity (Wildman–Crippen MR) is 87.5 cm³/mol. The van der Waals surface area contributed by atoms with Crippen molar-refractivity contribution in [3.63, 3.8) is 0 Å². The van der Waals surface area contributed by atoms with Crippen molar-refractivity contribution in [1.82, 2.24) is 9.80 Å². The molecule has 1 aliphatic carbocycles. The summed E-state index contributed by atoms with van der Waals surface area (Å²) in [6.45, 7) is 14.5. The average molecular weight is 294 g/mol. The van der Waals surface area contributed by atoms with E-state index in [9.17, 15) is 0 Å². The van der Waals surface area contributed by atoms with Crippen LogP contribution in [0.25, 0.3) is 0 Å². The minimum absolute atomic E-state index is 0.550. The summed E-state index contributed by atoms with van der Waals surface area (Å²) >= 11 is 0. The third-order valence-corrected chi connectivity index (χ3v) is 6.50. The highest BCUT2D eigenvalue weighted by atomic mass is 16.5. The van der Waals surface area contributed by atoms with E-state index < -0.39 is 0 Å². The molecule has 0 amide bonds. The summed E-state index contributed by atoms with van der Waals surface area (Å²) in [6, 6.07) is 0. The number of hydrogen-bond acceptors (Lipinski definition) is 3. The molecule has 0 spiro atoms. The zero-order chi connectivity index (χ0) is 14.7. The lowest BCUT2D eigenvalue weighted by Gasteiger charge is -2.54. The highest BCUT2D eigenvalue weighted by Crippen LogP contribution is 2.53. The van der Waals surface area contributed by atoms with E-state index in [1.54, 1.807) is 0 Å². The Morgan fingerprint density at radius 2 is 1.62 bits per heavy atom. The van der Waals surface area contributed by atoms with Crippen molar-refractivity contribution < 1.29 is 4.74 Å². The lowest BCUT2D eigenvalue weighted by Crippen LogP contribution is -2.52. The van der Waals surface area contributed by atoms with Crippen LogP contribution in [0.15, 0.2) is 0 Å². The van der Waals surface area contributed by atoms with Gasteiger partial charge in [0.1, 0.15) is 0 Å². The van der Waals surface area contributed by atoms with Crippen LogP contribution in [-0.2, 0) is 4.74 Å². The van der Waals surface area contributed by atoms with Crippen LogP contribution in [0.3, 0.4) is 0 Å². The molecule has 3 heteroatoms. The number of hydrogen-bond donors (Lipinski definition) is 0. The van der Waals surface area contributed by atoms with Gasteiger partial charge in [-0.3, -0.25) is 4.90 Å². The Morgan fingerprint density at radius 3 is 2.29 bits per heavy atom. The van der Waals surface area contributed by atoms with Crippen molar-refractivity contribution in [2.75, 3.05) is 52.5 Å². The fourth-order valence-corrected chi connectivity index (χ4v) is 4.54. The molecule has 3 aliphatic rings. The Hall–Kier alpha value is -0.120. The molecule has 21 heavy (non-hydrogen) atoms. The molecule has 0 unspecified atom stereocenters. The molecule has 0 radical (unpaired) electrons. The van der Waals surface area contributed by atoms with Gasteiger partial charge in [0.15, 0.2) is 0 Å². The molecule has 122 valence electrons. The van der Waals surface area contributed by atoms with Gasteiger partial charge in [-0.25, -0.2) is 0 Å². The first kappa shape index (κ1) is 15.8. The summed E-state index contributed by atoms with van der Waals surface area (Å²) in [4.78, 5) is 5.33. The summed E-state index contributed by atoms with van der Waals surface area (Å²) in [5, 5.41) is 0. The van der Waals surface area contributed by atoms with Gasteiger partial charge in [0.05, 0.1) is 13.2 Å². The number of morpholine rings is 1. The molecule has 0 aromatic carbocycles. The molecule has 3 fully saturated rings. The number of ether oxygens (including phenoxy) is 1. The van der Waals surface area contributed by atoms with Crippen LogP contribution in [0.4, 0.5) is 0 Å². The number of likely N-dealkylation sites (tertiary alicyclic amines) is 1. The molecule has 0 bridgehead atoms. The molecule has 3 rings (SSSR count). The molecule has 0 N–H and O–H groups in total. The van der Waals surface area contributed by atoms with Gasteiger partial charge in [0.2, 0.25) is 0 Å². The number of nitrogens with zero attached hydrogens (tertiary/aromatic N) is 2. The molecular formula is C18H34N2O. The van der Waals surface area contributed by atoms with E-state index in [4.69, 9.17) is 4.74 Å². The minimum Gasteiger partial charge on any atom is -0.379 e. The minimum atomic E-state index is 0.550. The zero-order valence-corrected chi connectivity index (χ0v) is 14.1. The topological polar surface area (TPSA) is 15.7 Å². The van der Waals surface area contributed by atoms with Crippen LogP contribution in [0.1, 0.15) is 46.0 Å². The fraction of sp³-hybridized carbons (Fsp3) is 1.00. The van der Waals surface area contributed by atoms with Crippen LogP contribution in [0.2, 0.25) is 0 Å². The van der Waals surface area contributed by atoms with Crippen LogP contribution >= 0.6 is 0 Å².